The van der Waals surface area contributed by atoms with Crippen molar-refractivity contribution in [2.24, 2.45) is 5.73 Å². The minimum absolute atomic E-state index is 0.262. The fourth-order valence-electron chi connectivity index (χ4n) is 1.49. The number of nitrogens with zero attached hydrogens (tertiary/aromatic N) is 4. The van der Waals surface area contributed by atoms with Crippen molar-refractivity contribution in [3.8, 4) is 11.4 Å². The molecule has 2 N–H and O–H groups in total. The summed E-state index contributed by atoms with van der Waals surface area (Å²) in [6.45, 7) is 1.83. The second-order valence-electron chi connectivity index (χ2n) is 3.68. The lowest BCUT2D eigenvalue weighted by Gasteiger charge is -2.11. The van der Waals surface area contributed by atoms with Crippen molar-refractivity contribution in [3.63, 3.8) is 0 Å². The van der Waals surface area contributed by atoms with Crippen LogP contribution in [0.1, 0.15) is 18.8 Å². The van der Waals surface area contributed by atoms with Crippen LogP contribution in [-0.4, -0.2) is 27.3 Å². The number of methoxy groups -OCH3 is 1. The van der Waals surface area contributed by atoms with E-state index in [9.17, 15) is 0 Å². The van der Waals surface area contributed by atoms with E-state index in [1.807, 2.05) is 19.1 Å². The Kier molecular flexibility index (Phi) is 3.98. The molecular formula is C10H11Br2N5O. The molecule has 2 aromatic rings. The minimum atomic E-state index is -0.262. The topological polar surface area (TPSA) is 78.8 Å². The van der Waals surface area contributed by atoms with Crippen LogP contribution in [0.25, 0.3) is 5.69 Å². The van der Waals surface area contributed by atoms with Gasteiger partial charge in [0.25, 0.3) is 0 Å². The molecule has 18 heavy (non-hydrogen) atoms. The molecule has 2 rings (SSSR count). The van der Waals surface area contributed by atoms with Crippen LogP contribution >= 0.6 is 31.9 Å². The number of aromatic nitrogens is 4. The van der Waals surface area contributed by atoms with E-state index in [0.29, 0.717) is 11.6 Å². The van der Waals surface area contributed by atoms with Gasteiger partial charge in [-0.05, 0) is 55.3 Å². The molecule has 0 saturated heterocycles. The summed E-state index contributed by atoms with van der Waals surface area (Å²) in [6.07, 6.45) is 0. The quantitative estimate of drug-likeness (QED) is 0.888. The third-order valence-electron chi connectivity index (χ3n) is 2.35. The Balaban J connectivity index is 2.60. The van der Waals surface area contributed by atoms with Crippen molar-refractivity contribution in [1.29, 1.82) is 0 Å². The third kappa shape index (κ3) is 2.40. The summed E-state index contributed by atoms with van der Waals surface area (Å²) < 4.78 is 8.53. The molecule has 0 spiro atoms. The predicted octanol–water partition coefficient (Wildman–Crippen LogP) is 2.22. The summed E-state index contributed by atoms with van der Waals surface area (Å²) in [4.78, 5) is 0. The molecule has 1 atom stereocenters. The summed E-state index contributed by atoms with van der Waals surface area (Å²) in [5.74, 6) is 1.28. The minimum Gasteiger partial charge on any atom is -0.495 e. The highest BCUT2D eigenvalue weighted by atomic mass is 79.9. The second kappa shape index (κ2) is 5.33. The summed E-state index contributed by atoms with van der Waals surface area (Å²) in [5, 5.41) is 11.5. The molecular weight excluding hydrogens is 366 g/mol. The number of tetrazole rings is 1. The van der Waals surface area contributed by atoms with Crippen LogP contribution < -0.4 is 10.5 Å². The average Bonchev–Trinajstić information content (AvgIpc) is 2.78. The van der Waals surface area contributed by atoms with E-state index < -0.39 is 0 Å². The van der Waals surface area contributed by atoms with Gasteiger partial charge in [0.15, 0.2) is 5.82 Å². The van der Waals surface area contributed by atoms with Gasteiger partial charge in [0.05, 0.1) is 23.3 Å². The van der Waals surface area contributed by atoms with Gasteiger partial charge in [-0.2, -0.15) is 4.68 Å². The molecule has 1 unspecified atom stereocenters. The number of ether oxygens (including phenoxy) is 1. The van der Waals surface area contributed by atoms with Gasteiger partial charge in [-0.25, -0.2) is 0 Å². The van der Waals surface area contributed by atoms with E-state index in [-0.39, 0.29) is 6.04 Å². The van der Waals surface area contributed by atoms with Crippen molar-refractivity contribution in [3.05, 3.63) is 26.9 Å². The standard InChI is InChI=1S/C10H11Br2N5O/c1-5(13)10-14-15-16-17(10)8-4-9(18-2)7(12)3-6(8)11/h3-5H,13H2,1-2H3. The second-order valence-corrected chi connectivity index (χ2v) is 5.38. The Bertz CT molecular complexity index is 569. The van der Waals surface area contributed by atoms with Crippen LogP contribution in [0.15, 0.2) is 21.1 Å². The molecule has 0 saturated carbocycles. The van der Waals surface area contributed by atoms with Crippen LogP contribution in [0.3, 0.4) is 0 Å². The first-order valence-electron chi connectivity index (χ1n) is 5.12. The number of hydrogen-bond donors (Lipinski definition) is 1. The maximum Gasteiger partial charge on any atom is 0.173 e. The number of benzene rings is 1. The first-order chi connectivity index (χ1) is 8.54. The monoisotopic (exact) mass is 375 g/mol. The molecule has 8 heteroatoms. The predicted molar refractivity (Wildman–Crippen MR) is 73.7 cm³/mol. The summed E-state index contributed by atoms with van der Waals surface area (Å²) in [6, 6.07) is 3.44. The van der Waals surface area contributed by atoms with E-state index in [2.05, 4.69) is 47.4 Å². The van der Waals surface area contributed by atoms with Crippen molar-refractivity contribution in [2.75, 3.05) is 7.11 Å². The summed E-state index contributed by atoms with van der Waals surface area (Å²) in [7, 11) is 1.60. The first-order valence-corrected chi connectivity index (χ1v) is 6.70. The Morgan fingerprint density at radius 1 is 1.33 bits per heavy atom. The Morgan fingerprint density at radius 2 is 2.06 bits per heavy atom. The van der Waals surface area contributed by atoms with Crippen molar-refractivity contribution >= 4 is 31.9 Å². The van der Waals surface area contributed by atoms with Crippen LogP contribution in [0.2, 0.25) is 0 Å². The molecule has 1 aromatic carbocycles. The van der Waals surface area contributed by atoms with Gasteiger partial charge in [-0.15, -0.1) is 5.10 Å². The molecule has 0 radical (unpaired) electrons. The smallest absolute Gasteiger partial charge is 0.173 e. The van der Waals surface area contributed by atoms with E-state index in [0.717, 1.165) is 14.6 Å². The van der Waals surface area contributed by atoms with Gasteiger partial charge >= 0.3 is 0 Å². The Morgan fingerprint density at radius 3 is 2.67 bits per heavy atom. The fraction of sp³-hybridized carbons (Fsp3) is 0.300. The fourth-order valence-corrected chi connectivity index (χ4v) is 2.81. The van der Waals surface area contributed by atoms with E-state index in [1.54, 1.807) is 11.8 Å². The lowest BCUT2D eigenvalue weighted by molar-refractivity contribution is 0.411. The molecule has 1 heterocycles. The average molecular weight is 377 g/mol. The van der Waals surface area contributed by atoms with E-state index >= 15 is 0 Å². The maximum absolute atomic E-state index is 5.83. The SMILES string of the molecule is COc1cc(-n2nnnc2C(C)N)c(Br)cc1Br. The Hall–Kier alpha value is -0.990. The molecule has 1 aromatic heterocycles. The van der Waals surface area contributed by atoms with Crippen molar-refractivity contribution in [2.45, 2.75) is 13.0 Å². The molecule has 0 aliphatic heterocycles. The molecule has 0 aliphatic carbocycles. The zero-order chi connectivity index (χ0) is 13.3. The molecule has 0 bridgehead atoms. The van der Waals surface area contributed by atoms with Crippen molar-refractivity contribution < 1.29 is 4.74 Å². The van der Waals surface area contributed by atoms with Gasteiger partial charge in [-0.3, -0.25) is 0 Å². The number of hydrogen-bond acceptors (Lipinski definition) is 5. The van der Waals surface area contributed by atoms with Gasteiger partial charge in [0, 0.05) is 10.5 Å². The summed E-state index contributed by atoms with van der Waals surface area (Å²) in [5.41, 5.74) is 6.60. The number of halogens is 2. The third-order valence-corrected chi connectivity index (χ3v) is 3.61. The Labute approximate surface area is 121 Å². The van der Waals surface area contributed by atoms with Crippen LogP contribution in [0, 0.1) is 0 Å². The largest absolute Gasteiger partial charge is 0.495 e. The van der Waals surface area contributed by atoms with E-state index in [1.165, 1.54) is 0 Å². The molecule has 6 nitrogen and oxygen atoms in total. The normalized spacial score (nSPS) is 12.5. The highest BCUT2D eigenvalue weighted by Crippen LogP contribution is 2.33. The molecule has 96 valence electrons. The van der Waals surface area contributed by atoms with Gasteiger partial charge in [0.2, 0.25) is 0 Å². The first kappa shape index (κ1) is 13.4. The summed E-state index contributed by atoms with van der Waals surface area (Å²) >= 11 is 6.88. The zero-order valence-corrected chi connectivity index (χ0v) is 12.9. The van der Waals surface area contributed by atoms with Crippen molar-refractivity contribution in [1.82, 2.24) is 20.2 Å². The van der Waals surface area contributed by atoms with Gasteiger partial charge < -0.3 is 10.5 Å². The lowest BCUT2D eigenvalue weighted by atomic mass is 10.3. The molecule has 0 amide bonds. The lowest BCUT2D eigenvalue weighted by Crippen LogP contribution is -2.13. The zero-order valence-electron chi connectivity index (χ0n) is 9.76. The van der Waals surface area contributed by atoms with Crippen LogP contribution in [0.4, 0.5) is 0 Å². The van der Waals surface area contributed by atoms with Crippen LogP contribution in [-0.2, 0) is 0 Å². The van der Waals surface area contributed by atoms with Gasteiger partial charge in [-0.1, -0.05) is 0 Å². The molecule has 0 fully saturated rings. The molecule has 0 aliphatic rings. The highest BCUT2D eigenvalue weighted by molar-refractivity contribution is 9.11. The number of nitrogens with two attached hydrogens (primary N) is 1. The van der Waals surface area contributed by atoms with Crippen LogP contribution in [0.5, 0.6) is 5.75 Å². The maximum atomic E-state index is 5.83. The highest BCUT2D eigenvalue weighted by Gasteiger charge is 2.16. The number of rotatable bonds is 3. The van der Waals surface area contributed by atoms with Gasteiger partial charge in [0.1, 0.15) is 5.75 Å². The van der Waals surface area contributed by atoms with E-state index in [4.69, 9.17) is 10.5 Å².